The quantitative estimate of drug-likeness (QED) is 0.0683. The highest BCUT2D eigenvalue weighted by Gasteiger charge is 2.56. The fourth-order valence-corrected chi connectivity index (χ4v) is 8.29. The Balaban J connectivity index is 1.20. The van der Waals surface area contributed by atoms with E-state index in [4.69, 9.17) is 52.1 Å². The molecule has 0 amide bonds. The Hall–Kier alpha value is -1.24. The zero-order valence-corrected chi connectivity index (χ0v) is 35.0. The van der Waals surface area contributed by atoms with E-state index in [2.05, 4.69) is 0 Å². The van der Waals surface area contributed by atoms with E-state index in [0.29, 0.717) is 0 Å². The number of aliphatic hydroxyl groups is 20. The van der Waals surface area contributed by atoms with Gasteiger partial charge in [-0.15, -0.1) is 0 Å². The summed E-state index contributed by atoms with van der Waals surface area (Å²) < 4.78 is 60.5. The molecule has 6 heterocycles. The second-order valence-corrected chi connectivity index (χ2v) is 16.8. The number of ether oxygens (including phenoxy) is 11. The Morgan fingerprint density at radius 2 is 0.522 bits per heavy atom. The summed E-state index contributed by atoms with van der Waals surface area (Å²) in [4.78, 5) is 0. The third-order valence-electron chi connectivity index (χ3n) is 12.4. The molecular formula is C36H62O31. The summed E-state index contributed by atoms with van der Waals surface area (Å²) in [6.45, 7) is -5.31. The molecule has 0 bridgehead atoms. The van der Waals surface area contributed by atoms with E-state index in [1.165, 1.54) is 0 Å². The Morgan fingerprint density at radius 3 is 0.896 bits per heavy atom. The summed E-state index contributed by atoms with van der Waals surface area (Å²) in [5.41, 5.74) is 0. The van der Waals surface area contributed by atoms with Crippen molar-refractivity contribution >= 4 is 0 Å². The molecule has 0 radical (unpaired) electrons. The molecule has 6 aliphatic rings. The Labute approximate surface area is 378 Å². The number of rotatable bonds is 16. The van der Waals surface area contributed by atoms with E-state index in [-0.39, 0.29) is 0 Å². The van der Waals surface area contributed by atoms with Gasteiger partial charge in [0.15, 0.2) is 37.7 Å². The smallest absolute Gasteiger partial charge is 0.187 e. The fourth-order valence-electron chi connectivity index (χ4n) is 8.29. The van der Waals surface area contributed by atoms with Crippen molar-refractivity contribution in [3.05, 3.63) is 0 Å². The molecule has 6 aliphatic heterocycles. The van der Waals surface area contributed by atoms with Gasteiger partial charge in [0, 0.05) is 0 Å². The van der Waals surface area contributed by atoms with E-state index in [0.717, 1.165) is 0 Å². The minimum Gasteiger partial charge on any atom is -0.394 e. The van der Waals surface area contributed by atoms with Crippen molar-refractivity contribution in [2.75, 3.05) is 39.6 Å². The van der Waals surface area contributed by atoms with Gasteiger partial charge in [-0.25, -0.2) is 0 Å². The molecule has 6 fully saturated rings. The molecule has 31 nitrogen and oxygen atoms in total. The van der Waals surface area contributed by atoms with E-state index in [1.54, 1.807) is 0 Å². The van der Waals surface area contributed by atoms with Gasteiger partial charge in [0.2, 0.25) is 0 Å². The first-order valence-electron chi connectivity index (χ1n) is 21.1. The molecule has 31 heteroatoms. The van der Waals surface area contributed by atoms with E-state index < -0.39 is 224 Å². The first-order chi connectivity index (χ1) is 31.7. The molecule has 0 spiro atoms. The summed E-state index contributed by atoms with van der Waals surface area (Å²) in [6, 6.07) is 0. The molecular weight excluding hydrogens is 928 g/mol. The zero-order chi connectivity index (χ0) is 49.3. The van der Waals surface area contributed by atoms with Crippen molar-refractivity contribution in [2.45, 2.75) is 184 Å². The summed E-state index contributed by atoms with van der Waals surface area (Å²) in [5.74, 6) is 0. The van der Waals surface area contributed by atoms with Gasteiger partial charge in [-0.2, -0.15) is 0 Å². The first kappa shape index (κ1) is 55.1. The molecule has 6 saturated heterocycles. The van der Waals surface area contributed by atoms with Crippen LogP contribution in [0.15, 0.2) is 0 Å². The van der Waals surface area contributed by atoms with Gasteiger partial charge in [0.1, 0.15) is 146 Å². The van der Waals surface area contributed by atoms with E-state index in [9.17, 15) is 102 Å². The lowest BCUT2D eigenvalue weighted by Crippen LogP contribution is -2.68. The molecule has 0 aromatic carbocycles. The maximum Gasteiger partial charge on any atom is 0.187 e. The second-order valence-electron chi connectivity index (χ2n) is 16.8. The second kappa shape index (κ2) is 23.5. The van der Waals surface area contributed by atoms with Crippen LogP contribution in [0.25, 0.3) is 0 Å². The van der Waals surface area contributed by atoms with Gasteiger partial charge in [-0.3, -0.25) is 0 Å². The third kappa shape index (κ3) is 11.5. The average Bonchev–Trinajstić information content (AvgIpc) is 3.31. The van der Waals surface area contributed by atoms with Crippen LogP contribution in [-0.4, -0.2) is 326 Å². The van der Waals surface area contributed by atoms with Crippen molar-refractivity contribution in [3.8, 4) is 0 Å². The van der Waals surface area contributed by atoms with Gasteiger partial charge in [0.05, 0.1) is 39.6 Å². The Bertz CT molecular complexity index is 1500. The molecule has 0 aliphatic carbocycles. The van der Waals surface area contributed by atoms with Gasteiger partial charge < -0.3 is 154 Å². The molecule has 0 saturated carbocycles. The van der Waals surface area contributed by atoms with Crippen molar-refractivity contribution in [2.24, 2.45) is 0 Å². The molecule has 20 N–H and O–H groups in total. The van der Waals surface area contributed by atoms with Crippen LogP contribution in [-0.2, 0) is 52.1 Å². The predicted molar refractivity (Wildman–Crippen MR) is 199 cm³/mol. The Kier molecular flexibility index (Phi) is 19.4. The lowest BCUT2D eigenvalue weighted by atomic mass is 9.95. The summed E-state index contributed by atoms with van der Waals surface area (Å²) in [7, 11) is 0. The Morgan fingerprint density at radius 1 is 0.254 bits per heavy atom. The highest BCUT2D eigenvalue weighted by molar-refractivity contribution is 4.99. The molecule has 30 atom stereocenters. The first-order valence-corrected chi connectivity index (χ1v) is 21.1. The van der Waals surface area contributed by atoms with Gasteiger partial charge >= 0.3 is 0 Å². The maximum atomic E-state index is 11.6. The van der Waals surface area contributed by atoms with Crippen LogP contribution in [0, 0.1) is 0 Å². The van der Waals surface area contributed by atoms with Crippen LogP contribution < -0.4 is 0 Å². The van der Waals surface area contributed by atoms with Gasteiger partial charge in [-0.1, -0.05) is 0 Å². The largest absolute Gasteiger partial charge is 0.394 e. The summed E-state index contributed by atoms with van der Waals surface area (Å²) in [5, 5.41) is 210. The highest BCUT2D eigenvalue weighted by Crippen LogP contribution is 2.35. The average molecular weight is 991 g/mol. The lowest BCUT2D eigenvalue weighted by molar-refractivity contribution is -0.393. The molecule has 6 rings (SSSR count). The SMILES string of the molecule is OC[C@H]1O[C@@H](OC[C@H]2O[C@@H](O[C@@H]3[C@@H](O)[C@H](O[C@H]4[C@H](O)[C@@H](CO[C@@H]5O[C@H](CO)[C@@H](O)[C@H](O)[C@H]5O)OC(O)[C@@H]4O)O[C@H](CO)[C@H]3O)[C@H](O)[C@@H](O[C@@H]3O[C@H](CO)[C@@H](O)[C@H](O)[C@H]3O)[C@@H]2O)[C@H](O)[C@@H](O)[C@@H]1O. The minimum absolute atomic E-state index is 0.790. The number of hydrogen-bond acceptors (Lipinski definition) is 31. The van der Waals surface area contributed by atoms with Crippen LogP contribution in [0.3, 0.4) is 0 Å². The normalized spacial score (nSPS) is 53.4. The van der Waals surface area contributed by atoms with E-state index in [1.807, 2.05) is 0 Å². The van der Waals surface area contributed by atoms with Crippen LogP contribution in [0.1, 0.15) is 0 Å². The van der Waals surface area contributed by atoms with Crippen molar-refractivity contribution in [1.29, 1.82) is 0 Å². The van der Waals surface area contributed by atoms with E-state index >= 15 is 0 Å². The summed E-state index contributed by atoms with van der Waals surface area (Å²) in [6.07, 6.45) is -57.8. The van der Waals surface area contributed by atoms with Crippen LogP contribution in [0.4, 0.5) is 0 Å². The molecule has 0 aromatic rings. The molecule has 67 heavy (non-hydrogen) atoms. The number of aliphatic hydroxyl groups excluding tert-OH is 20. The molecule has 392 valence electrons. The van der Waals surface area contributed by atoms with Gasteiger partial charge in [0.25, 0.3) is 0 Å². The minimum atomic E-state index is -2.27. The van der Waals surface area contributed by atoms with Crippen molar-refractivity contribution < 1.29 is 154 Å². The topological polar surface area (TPSA) is 506 Å². The molecule has 1 unspecified atom stereocenters. The standard InChI is InChI=1S/C36H62O31/c37-1-7-13(41)19(47)22(50)32(60-7)57-5-11-17(45)28(25(53)31(56)59-11)65-35-26(54)29(16(44)10(4-40)63-35)67-36-27(55)30(66-34-24(52)21(49)15(43)9(3-39)62-34)18(46)12(64-36)6-58-33-23(51)20(48)14(42)8(2-38)61-33/h7-56H,1-6H2/t7-,8-,9-,10-,11-,12-,13-,14-,15-,16-,17-,18-,19+,20+,21+,22-,23-,24-,25-,26-,27-,28+,29+,30+,31?,32-,33-,34+,35+,36+/m1/s1. The van der Waals surface area contributed by atoms with Crippen molar-refractivity contribution in [1.82, 2.24) is 0 Å². The predicted octanol–water partition coefficient (Wildman–Crippen LogP) is -14.1. The van der Waals surface area contributed by atoms with Crippen LogP contribution >= 0.6 is 0 Å². The van der Waals surface area contributed by atoms with Crippen LogP contribution in [0.2, 0.25) is 0 Å². The number of hydrogen-bond donors (Lipinski definition) is 20. The van der Waals surface area contributed by atoms with Gasteiger partial charge in [-0.05, 0) is 0 Å². The zero-order valence-electron chi connectivity index (χ0n) is 35.0. The fraction of sp³-hybridized carbons (Fsp3) is 1.00. The van der Waals surface area contributed by atoms with Crippen LogP contribution in [0.5, 0.6) is 0 Å². The summed E-state index contributed by atoms with van der Waals surface area (Å²) >= 11 is 0. The van der Waals surface area contributed by atoms with Crippen molar-refractivity contribution in [3.63, 3.8) is 0 Å². The monoisotopic (exact) mass is 990 g/mol. The third-order valence-corrected chi connectivity index (χ3v) is 12.4. The highest BCUT2D eigenvalue weighted by atomic mass is 16.8. The molecule has 0 aromatic heterocycles. The maximum absolute atomic E-state index is 11.6. The lowest BCUT2D eigenvalue weighted by Gasteiger charge is -2.49.